The summed E-state index contributed by atoms with van der Waals surface area (Å²) >= 11 is 0. The van der Waals surface area contributed by atoms with Crippen LogP contribution in [0.5, 0.6) is 0 Å². The van der Waals surface area contributed by atoms with Gasteiger partial charge in [0.2, 0.25) is 0 Å². The largest absolute Gasteiger partial charge is 0.462 e. The number of ether oxygens (including phenoxy) is 3. The van der Waals surface area contributed by atoms with Crippen LogP contribution in [0, 0.1) is 0 Å². The molecule has 1 unspecified atom stereocenters. The average Bonchev–Trinajstić information content (AvgIpc) is 3.40. The van der Waals surface area contributed by atoms with Gasteiger partial charge in [0.1, 0.15) is 13.2 Å². The molecule has 0 aliphatic rings. The van der Waals surface area contributed by atoms with Crippen molar-refractivity contribution in [1.82, 2.24) is 0 Å². The fourth-order valence-electron chi connectivity index (χ4n) is 8.91. The van der Waals surface area contributed by atoms with Crippen molar-refractivity contribution >= 4 is 17.9 Å². The van der Waals surface area contributed by atoms with Gasteiger partial charge in [-0.15, -0.1) is 0 Å². The second kappa shape index (κ2) is 62.1. The zero-order valence-corrected chi connectivity index (χ0v) is 48.8. The van der Waals surface area contributed by atoms with Gasteiger partial charge in [0.15, 0.2) is 6.10 Å². The van der Waals surface area contributed by atoms with Crippen molar-refractivity contribution in [3.05, 3.63) is 85.1 Å². The van der Waals surface area contributed by atoms with Crippen LogP contribution >= 0.6 is 0 Å². The van der Waals surface area contributed by atoms with Crippen LogP contribution in [0.25, 0.3) is 0 Å². The van der Waals surface area contributed by atoms with E-state index in [0.29, 0.717) is 19.3 Å². The minimum atomic E-state index is -0.780. The maximum atomic E-state index is 12.9. The number of unbranched alkanes of at least 4 members (excludes halogenated alkanes) is 32. The Morgan fingerprint density at radius 2 is 0.527 bits per heavy atom. The Bertz CT molecular complexity index is 1420. The van der Waals surface area contributed by atoms with Crippen LogP contribution in [-0.4, -0.2) is 37.2 Å². The third-order valence-electron chi connectivity index (χ3n) is 13.6. The predicted octanol–water partition coefficient (Wildman–Crippen LogP) is 21.5. The van der Waals surface area contributed by atoms with Crippen LogP contribution in [0.1, 0.15) is 310 Å². The van der Waals surface area contributed by atoms with E-state index >= 15 is 0 Å². The Balaban J connectivity index is 4.27. The molecule has 6 heteroatoms. The Kier molecular flexibility index (Phi) is 59.3. The lowest BCUT2D eigenvalue weighted by Gasteiger charge is -2.18. The van der Waals surface area contributed by atoms with E-state index in [1.807, 2.05) is 0 Å². The number of esters is 3. The normalized spacial score (nSPS) is 12.6. The highest BCUT2D eigenvalue weighted by Gasteiger charge is 2.19. The van der Waals surface area contributed by atoms with Gasteiger partial charge in [-0.2, -0.15) is 0 Å². The molecular formula is C68H118O6. The van der Waals surface area contributed by atoms with Crippen molar-refractivity contribution in [3.63, 3.8) is 0 Å². The highest BCUT2D eigenvalue weighted by Crippen LogP contribution is 2.16. The van der Waals surface area contributed by atoms with E-state index in [1.165, 1.54) is 167 Å². The summed E-state index contributed by atoms with van der Waals surface area (Å²) in [6.45, 7) is 6.52. The Morgan fingerprint density at radius 1 is 0.284 bits per heavy atom. The van der Waals surface area contributed by atoms with Crippen molar-refractivity contribution in [3.8, 4) is 0 Å². The van der Waals surface area contributed by atoms with Crippen molar-refractivity contribution < 1.29 is 28.6 Å². The third kappa shape index (κ3) is 59.5. The van der Waals surface area contributed by atoms with Gasteiger partial charge >= 0.3 is 17.9 Å². The van der Waals surface area contributed by atoms with E-state index in [9.17, 15) is 14.4 Å². The number of allylic oxidation sites excluding steroid dienone is 14. The average molecular weight is 1030 g/mol. The summed E-state index contributed by atoms with van der Waals surface area (Å²) in [7, 11) is 0. The lowest BCUT2D eigenvalue weighted by molar-refractivity contribution is -0.167. The maximum absolute atomic E-state index is 12.9. The molecule has 0 fully saturated rings. The van der Waals surface area contributed by atoms with Gasteiger partial charge in [-0.25, -0.2) is 0 Å². The minimum absolute atomic E-state index is 0.0774. The van der Waals surface area contributed by atoms with Crippen LogP contribution in [0.2, 0.25) is 0 Å². The maximum Gasteiger partial charge on any atom is 0.306 e. The molecule has 426 valence electrons. The van der Waals surface area contributed by atoms with Gasteiger partial charge in [-0.1, -0.05) is 279 Å². The Labute approximate surface area is 458 Å². The monoisotopic (exact) mass is 1030 g/mol. The summed E-state index contributed by atoms with van der Waals surface area (Å²) in [6, 6.07) is 0. The van der Waals surface area contributed by atoms with Gasteiger partial charge in [-0.3, -0.25) is 14.4 Å². The molecule has 0 amide bonds. The molecule has 0 aliphatic heterocycles. The number of rotatable bonds is 57. The number of carbonyl (C=O) groups excluding carboxylic acids is 3. The Morgan fingerprint density at radius 3 is 0.824 bits per heavy atom. The number of hydrogen-bond donors (Lipinski definition) is 0. The molecule has 0 radical (unpaired) electrons. The summed E-state index contributed by atoms with van der Waals surface area (Å²) in [6.07, 6.45) is 81.6. The van der Waals surface area contributed by atoms with Gasteiger partial charge < -0.3 is 14.2 Å². The van der Waals surface area contributed by atoms with E-state index in [0.717, 1.165) is 103 Å². The van der Waals surface area contributed by atoms with E-state index in [-0.39, 0.29) is 31.1 Å². The molecule has 0 aromatic heterocycles. The first-order valence-electron chi connectivity index (χ1n) is 31.6. The number of carbonyl (C=O) groups is 3. The first-order valence-corrected chi connectivity index (χ1v) is 31.6. The van der Waals surface area contributed by atoms with Crippen molar-refractivity contribution in [2.24, 2.45) is 0 Å². The fraction of sp³-hybridized carbons (Fsp3) is 0.750. The van der Waals surface area contributed by atoms with E-state index < -0.39 is 6.10 Å². The molecule has 74 heavy (non-hydrogen) atoms. The fourth-order valence-corrected chi connectivity index (χ4v) is 8.91. The second-order valence-electron chi connectivity index (χ2n) is 20.9. The van der Waals surface area contributed by atoms with Gasteiger partial charge in [0.05, 0.1) is 0 Å². The van der Waals surface area contributed by atoms with E-state index in [2.05, 4.69) is 106 Å². The first-order chi connectivity index (χ1) is 36.5. The van der Waals surface area contributed by atoms with Gasteiger partial charge in [0, 0.05) is 19.3 Å². The highest BCUT2D eigenvalue weighted by atomic mass is 16.6. The van der Waals surface area contributed by atoms with Gasteiger partial charge in [0.25, 0.3) is 0 Å². The molecule has 0 saturated carbocycles. The third-order valence-corrected chi connectivity index (χ3v) is 13.6. The first kappa shape index (κ1) is 70.6. The topological polar surface area (TPSA) is 78.9 Å². The molecule has 0 rings (SSSR count). The molecule has 0 heterocycles. The molecule has 0 N–H and O–H groups in total. The van der Waals surface area contributed by atoms with Crippen LogP contribution < -0.4 is 0 Å². The predicted molar refractivity (Wildman–Crippen MR) is 321 cm³/mol. The standard InChI is InChI=1S/C68H118O6/c1-4-7-10-13-16-19-22-24-26-28-30-32-33-34-35-37-38-40-42-44-46-49-52-55-58-61-67(70)73-64-65(63-72-66(69)60-57-54-51-48-21-18-15-12-9-6-3)74-68(71)62-59-56-53-50-47-45-43-41-39-36-31-29-27-25-23-20-17-14-11-8-5-2/h7,10,16,19,23-26,29-32,34-35,65H,4-6,8-9,11-15,17-18,20-22,27-28,33,36-64H2,1-3H3/b10-7-,19-16-,25-23-,26-24-,31-29-,32-30-,35-34-. The Hall–Kier alpha value is -3.41. The highest BCUT2D eigenvalue weighted by molar-refractivity contribution is 5.71. The summed E-state index contributed by atoms with van der Waals surface area (Å²) in [5, 5.41) is 0. The molecule has 0 bridgehead atoms. The molecule has 0 aliphatic carbocycles. The minimum Gasteiger partial charge on any atom is -0.462 e. The molecule has 0 spiro atoms. The molecule has 6 nitrogen and oxygen atoms in total. The molecule has 0 aromatic rings. The van der Waals surface area contributed by atoms with Crippen LogP contribution in [0.15, 0.2) is 85.1 Å². The van der Waals surface area contributed by atoms with E-state index in [4.69, 9.17) is 14.2 Å². The van der Waals surface area contributed by atoms with Gasteiger partial charge in [-0.05, 0) is 96.3 Å². The van der Waals surface area contributed by atoms with Crippen LogP contribution in [0.3, 0.4) is 0 Å². The van der Waals surface area contributed by atoms with Crippen molar-refractivity contribution in [1.29, 1.82) is 0 Å². The summed E-state index contributed by atoms with van der Waals surface area (Å²) < 4.78 is 16.9. The lowest BCUT2D eigenvalue weighted by atomic mass is 10.1. The zero-order chi connectivity index (χ0) is 53.6. The lowest BCUT2D eigenvalue weighted by Crippen LogP contribution is -2.30. The number of hydrogen-bond acceptors (Lipinski definition) is 6. The quantitative estimate of drug-likeness (QED) is 0.0261. The van der Waals surface area contributed by atoms with Crippen LogP contribution in [-0.2, 0) is 28.6 Å². The molecule has 1 atom stereocenters. The van der Waals surface area contributed by atoms with E-state index in [1.54, 1.807) is 0 Å². The summed E-state index contributed by atoms with van der Waals surface area (Å²) in [5.74, 6) is -0.879. The van der Waals surface area contributed by atoms with Crippen molar-refractivity contribution in [2.45, 2.75) is 316 Å². The molecular weight excluding hydrogens is 913 g/mol. The van der Waals surface area contributed by atoms with Crippen molar-refractivity contribution in [2.75, 3.05) is 13.2 Å². The molecule has 0 saturated heterocycles. The SMILES string of the molecule is CC/C=C\C/C=C\C/C=C\C/C=C\C/C=C\CCCCCCCCCCCC(=O)OCC(COC(=O)CCCCCCCCCCCC)OC(=O)CCCCCCCCCCC/C=C\C/C=C\CCCCCCC. The van der Waals surface area contributed by atoms with Crippen LogP contribution in [0.4, 0.5) is 0 Å². The zero-order valence-electron chi connectivity index (χ0n) is 48.8. The second-order valence-corrected chi connectivity index (χ2v) is 20.9. The summed E-state index contributed by atoms with van der Waals surface area (Å²) in [4.78, 5) is 38.2. The summed E-state index contributed by atoms with van der Waals surface area (Å²) in [5.41, 5.74) is 0. The molecule has 0 aromatic carbocycles. The smallest absolute Gasteiger partial charge is 0.306 e.